The van der Waals surface area contributed by atoms with Gasteiger partial charge >= 0.3 is 6.09 Å². The summed E-state index contributed by atoms with van der Waals surface area (Å²) in [5.41, 5.74) is 1.08. The van der Waals surface area contributed by atoms with Gasteiger partial charge in [-0.15, -0.1) is 0 Å². The van der Waals surface area contributed by atoms with Crippen molar-refractivity contribution in [3.8, 4) is 0 Å². The Labute approximate surface area is 229 Å². The highest BCUT2D eigenvalue weighted by atomic mass is 32.1. The second-order valence-corrected chi connectivity index (χ2v) is 11.8. The second kappa shape index (κ2) is 15.3. The molecular formula is C29H49N3O4S. The summed E-state index contributed by atoms with van der Waals surface area (Å²) < 4.78 is 5.39. The predicted octanol–water partition coefficient (Wildman–Crippen LogP) is 5.82. The van der Waals surface area contributed by atoms with Crippen molar-refractivity contribution >= 4 is 30.5 Å². The third kappa shape index (κ3) is 11.4. The number of ether oxygens (including phenoxy) is 1. The van der Waals surface area contributed by atoms with Gasteiger partial charge in [0.25, 0.3) is 0 Å². The van der Waals surface area contributed by atoms with E-state index in [1.165, 1.54) is 0 Å². The quantitative estimate of drug-likeness (QED) is 0.278. The predicted molar refractivity (Wildman–Crippen MR) is 154 cm³/mol. The summed E-state index contributed by atoms with van der Waals surface area (Å²) in [5.74, 6) is -0.0816. The van der Waals surface area contributed by atoms with Crippen LogP contribution in [0.15, 0.2) is 24.3 Å². The van der Waals surface area contributed by atoms with E-state index >= 15 is 0 Å². The summed E-state index contributed by atoms with van der Waals surface area (Å²) in [5, 5.41) is 5.79. The fourth-order valence-corrected chi connectivity index (χ4v) is 4.39. The number of rotatable bonds is 13. The first kappa shape index (κ1) is 32.8. The summed E-state index contributed by atoms with van der Waals surface area (Å²) in [6.45, 7) is 17.6. The highest BCUT2D eigenvalue weighted by Gasteiger charge is 2.38. The van der Waals surface area contributed by atoms with E-state index in [0.717, 1.165) is 36.8 Å². The molecule has 0 fully saturated rings. The van der Waals surface area contributed by atoms with E-state index in [9.17, 15) is 14.4 Å². The van der Waals surface area contributed by atoms with Gasteiger partial charge in [-0.3, -0.25) is 9.59 Å². The Kier molecular flexibility index (Phi) is 13.5. The van der Waals surface area contributed by atoms with E-state index in [1.807, 2.05) is 45.0 Å². The van der Waals surface area contributed by atoms with Gasteiger partial charge in [0.05, 0.1) is 0 Å². The molecule has 8 heteroatoms. The third-order valence-electron chi connectivity index (χ3n) is 6.09. The number of nitrogens with one attached hydrogen (secondary N) is 2. The lowest BCUT2D eigenvalue weighted by Crippen LogP contribution is -2.56. The average molecular weight is 536 g/mol. The molecule has 0 spiro atoms. The highest BCUT2D eigenvalue weighted by molar-refractivity contribution is 7.80. The number of alkyl carbamates (subject to hydrolysis) is 1. The summed E-state index contributed by atoms with van der Waals surface area (Å²) >= 11 is 4.37. The molecule has 3 amide bonds. The standard InChI is InChI=1S/C29H49N3O4S/c1-10-11-21(5)30-26(33)25(23-16-13-20(4)14-17-23)32(22(6)15-12-19(2)3)27(34)24(18-37)31-28(35)36-29(7,8)9/h13-14,16-17,19,21-22,24-25,37H,10-12,15,18H2,1-9H3,(H,30,33)(H,31,35). The maximum Gasteiger partial charge on any atom is 0.408 e. The fraction of sp³-hybridized carbons (Fsp3) is 0.690. The molecule has 0 saturated carbocycles. The number of carbonyl (C=O) groups is 3. The molecule has 210 valence electrons. The average Bonchev–Trinajstić information content (AvgIpc) is 2.78. The summed E-state index contributed by atoms with van der Waals surface area (Å²) in [4.78, 5) is 42.1. The van der Waals surface area contributed by atoms with E-state index in [0.29, 0.717) is 5.92 Å². The molecule has 0 aliphatic carbocycles. The molecule has 1 rings (SSSR count). The molecule has 0 bridgehead atoms. The van der Waals surface area contributed by atoms with Gasteiger partial charge in [0.1, 0.15) is 17.7 Å². The lowest BCUT2D eigenvalue weighted by molar-refractivity contribution is -0.145. The lowest BCUT2D eigenvalue weighted by atomic mass is 9.96. The number of benzene rings is 1. The summed E-state index contributed by atoms with van der Waals surface area (Å²) in [6.07, 6.45) is 2.69. The molecule has 0 aliphatic rings. The van der Waals surface area contributed by atoms with Gasteiger partial charge in [0.2, 0.25) is 11.8 Å². The first-order valence-electron chi connectivity index (χ1n) is 13.5. The maximum absolute atomic E-state index is 14.1. The number of aryl methyl sites for hydroxylation is 1. The third-order valence-corrected chi connectivity index (χ3v) is 6.46. The van der Waals surface area contributed by atoms with Crippen molar-refractivity contribution in [3.05, 3.63) is 35.4 Å². The number of hydrogen-bond acceptors (Lipinski definition) is 5. The highest BCUT2D eigenvalue weighted by Crippen LogP contribution is 2.28. The van der Waals surface area contributed by atoms with Crippen LogP contribution in [0.25, 0.3) is 0 Å². The van der Waals surface area contributed by atoms with Crippen molar-refractivity contribution in [2.75, 3.05) is 5.75 Å². The Morgan fingerprint density at radius 2 is 1.57 bits per heavy atom. The molecule has 1 aromatic rings. The van der Waals surface area contributed by atoms with Crippen LogP contribution < -0.4 is 10.6 Å². The van der Waals surface area contributed by atoms with E-state index in [4.69, 9.17) is 4.74 Å². The fourth-order valence-electron chi connectivity index (χ4n) is 4.14. The van der Waals surface area contributed by atoms with Gasteiger partial charge in [0, 0.05) is 17.8 Å². The van der Waals surface area contributed by atoms with Crippen LogP contribution in [0, 0.1) is 12.8 Å². The largest absolute Gasteiger partial charge is 0.444 e. The number of amides is 3. The van der Waals surface area contributed by atoms with Gasteiger partial charge in [-0.25, -0.2) is 4.79 Å². The molecule has 7 nitrogen and oxygen atoms in total. The van der Waals surface area contributed by atoms with Crippen LogP contribution in [0.3, 0.4) is 0 Å². The second-order valence-electron chi connectivity index (χ2n) is 11.5. The van der Waals surface area contributed by atoms with Crippen molar-refractivity contribution < 1.29 is 19.1 Å². The SMILES string of the molecule is CCCC(C)NC(=O)C(c1ccc(C)cc1)N(C(=O)C(CS)NC(=O)OC(C)(C)C)C(C)CCC(C)C. The van der Waals surface area contributed by atoms with Crippen molar-refractivity contribution in [3.63, 3.8) is 0 Å². The van der Waals surface area contributed by atoms with Crippen LogP contribution in [-0.4, -0.2) is 52.3 Å². The van der Waals surface area contributed by atoms with Gasteiger partial charge < -0.3 is 20.3 Å². The molecule has 4 unspecified atom stereocenters. The lowest BCUT2D eigenvalue weighted by Gasteiger charge is -2.39. The normalized spacial score (nSPS) is 14.9. The van der Waals surface area contributed by atoms with Gasteiger partial charge in [-0.2, -0.15) is 12.6 Å². The number of carbonyl (C=O) groups excluding carboxylic acids is 3. The zero-order valence-corrected chi connectivity index (χ0v) is 25.2. The summed E-state index contributed by atoms with van der Waals surface area (Å²) in [6, 6.07) is 5.60. The van der Waals surface area contributed by atoms with E-state index in [-0.39, 0.29) is 29.7 Å². The number of nitrogens with zero attached hydrogens (tertiary/aromatic N) is 1. The molecule has 0 saturated heterocycles. The maximum atomic E-state index is 14.1. The first-order chi connectivity index (χ1) is 17.2. The van der Waals surface area contributed by atoms with E-state index < -0.39 is 23.8 Å². The molecule has 0 radical (unpaired) electrons. The van der Waals surface area contributed by atoms with Crippen LogP contribution in [-0.2, 0) is 14.3 Å². The molecule has 0 heterocycles. The zero-order valence-electron chi connectivity index (χ0n) is 24.3. The first-order valence-corrected chi connectivity index (χ1v) is 14.1. The van der Waals surface area contributed by atoms with Crippen LogP contribution in [0.5, 0.6) is 0 Å². The molecule has 2 N–H and O–H groups in total. The molecule has 1 aromatic carbocycles. The van der Waals surface area contributed by atoms with Crippen molar-refractivity contribution in [2.45, 2.75) is 118 Å². The molecule has 0 aromatic heterocycles. The molecule has 37 heavy (non-hydrogen) atoms. The Bertz CT molecular complexity index is 867. The van der Waals surface area contributed by atoms with Gasteiger partial charge in [-0.1, -0.05) is 57.0 Å². The Balaban J connectivity index is 3.51. The minimum atomic E-state index is -0.950. The van der Waals surface area contributed by atoms with Crippen LogP contribution in [0.2, 0.25) is 0 Å². The van der Waals surface area contributed by atoms with Crippen molar-refractivity contribution in [1.82, 2.24) is 15.5 Å². The van der Waals surface area contributed by atoms with Gasteiger partial charge in [-0.05, 0) is 72.3 Å². The molecule has 0 aliphatic heterocycles. The van der Waals surface area contributed by atoms with Crippen LogP contribution in [0.1, 0.15) is 98.2 Å². The Hall–Kier alpha value is -2.22. The minimum absolute atomic E-state index is 0.0334. The molecule has 4 atom stereocenters. The van der Waals surface area contributed by atoms with E-state index in [1.54, 1.807) is 25.7 Å². The number of thiol groups is 1. The topological polar surface area (TPSA) is 87.7 Å². The van der Waals surface area contributed by atoms with Gasteiger partial charge in [0.15, 0.2) is 0 Å². The minimum Gasteiger partial charge on any atom is -0.444 e. The van der Waals surface area contributed by atoms with Crippen molar-refractivity contribution in [2.24, 2.45) is 5.92 Å². The Morgan fingerprint density at radius 1 is 0.973 bits per heavy atom. The Morgan fingerprint density at radius 3 is 2.05 bits per heavy atom. The van der Waals surface area contributed by atoms with Crippen LogP contribution >= 0.6 is 12.6 Å². The zero-order chi connectivity index (χ0) is 28.3. The van der Waals surface area contributed by atoms with Crippen LogP contribution in [0.4, 0.5) is 4.79 Å². The monoisotopic (exact) mass is 535 g/mol. The smallest absolute Gasteiger partial charge is 0.408 e. The van der Waals surface area contributed by atoms with E-state index in [2.05, 4.69) is 44.0 Å². The molecular weight excluding hydrogens is 486 g/mol. The van der Waals surface area contributed by atoms with Crippen molar-refractivity contribution in [1.29, 1.82) is 0 Å². The number of hydrogen-bond donors (Lipinski definition) is 3. The summed E-state index contributed by atoms with van der Waals surface area (Å²) in [7, 11) is 0.